The van der Waals surface area contributed by atoms with E-state index in [0.29, 0.717) is 13.1 Å². The molecule has 0 saturated heterocycles. The largest absolute Gasteiger partial charge is 0.344 e. The molecule has 0 aromatic carbocycles. The summed E-state index contributed by atoms with van der Waals surface area (Å²) in [5.74, 6) is 1.12. The van der Waals surface area contributed by atoms with E-state index in [0.717, 1.165) is 12.3 Å². The van der Waals surface area contributed by atoms with Gasteiger partial charge in [-0.1, -0.05) is 6.08 Å². The highest BCUT2D eigenvalue weighted by molar-refractivity contribution is 7.98. The average molecular weight is 202 g/mol. The topological polar surface area (TPSA) is 32.3 Å². The standard InChI is InChI=1S/C9H18N2OS/c1-4-5-10-8-9(12)11(2)6-7-13-3/h4,10H,1,5-8H2,2-3H3. The van der Waals surface area contributed by atoms with Crippen molar-refractivity contribution in [3.8, 4) is 0 Å². The minimum atomic E-state index is 0.135. The first kappa shape index (κ1) is 12.5. The third-order valence-corrected chi connectivity index (χ3v) is 2.21. The maximum absolute atomic E-state index is 11.3. The van der Waals surface area contributed by atoms with Crippen LogP contribution in [0, 0.1) is 0 Å². The van der Waals surface area contributed by atoms with Crippen LogP contribution in [0.25, 0.3) is 0 Å². The van der Waals surface area contributed by atoms with Crippen LogP contribution in [0.4, 0.5) is 0 Å². The second-order valence-electron chi connectivity index (χ2n) is 2.73. The van der Waals surface area contributed by atoms with Gasteiger partial charge in [0.1, 0.15) is 0 Å². The number of amides is 1. The summed E-state index contributed by atoms with van der Waals surface area (Å²) < 4.78 is 0. The van der Waals surface area contributed by atoms with E-state index in [2.05, 4.69) is 11.9 Å². The second-order valence-corrected chi connectivity index (χ2v) is 3.71. The Kier molecular flexibility index (Phi) is 7.83. The van der Waals surface area contributed by atoms with Gasteiger partial charge < -0.3 is 10.2 Å². The fourth-order valence-corrected chi connectivity index (χ4v) is 1.23. The summed E-state index contributed by atoms with van der Waals surface area (Å²) in [6, 6.07) is 0. The van der Waals surface area contributed by atoms with Gasteiger partial charge in [0.05, 0.1) is 6.54 Å². The van der Waals surface area contributed by atoms with Gasteiger partial charge in [0.2, 0.25) is 5.91 Å². The Morgan fingerprint density at radius 2 is 2.38 bits per heavy atom. The summed E-state index contributed by atoms with van der Waals surface area (Å²) in [6.07, 6.45) is 3.78. The van der Waals surface area contributed by atoms with Crippen LogP contribution in [0.2, 0.25) is 0 Å². The molecule has 0 atom stereocenters. The highest BCUT2D eigenvalue weighted by Gasteiger charge is 2.05. The van der Waals surface area contributed by atoms with Gasteiger partial charge in [-0.15, -0.1) is 6.58 Å². The zero-order valence-corrected chi connectivity index (χ0v) is 9.19. The van der Waals surface area contributed by atoms with Gasteiger partial charge >= 0.3 is 0 Å². The third kappa shape index (κ3) is 6.66. The number of carbonyl (C=O) groups excluding carboxylic acids is 1. The average Bonchev–Trinajstić information content (AvgIpc) is 2.14. The van der Waals surface area contributed by atoms with Crippen molar-refractivity contribution in [2.75, 3.05) is 38.7 Å². The van der Waals surface area contributed by atoms with Gasteiger partial charge in [0.15, 0.2) is 0 Å². The van der Waals surface area contributed by atoms with E-state index in [1.165, 1.54) is 0 Å². The molecule has 0 fully saturated rings. The number of likely N-dealkylation sites (N-methyl/N-ethyl adjacent to an activating group) is 1. The molecule has 13 heavy (non-hydrogen) atoms. The molecular weight excluding hydrogens is 184 g/mol. The van der Waals surface area contributed by atoms with Gasteiger partial charge in [-0.05, 0) is 6.26 Å². The van der Waals surface area contributed by atoms with Crippen molar-refractivity contribution < 1.29 is 4.79 Å². The van der Waals surface area contributed by atoms with E-state index in [1.54, 1.807) is 22.7 Å². The van der Waals surface area contributed by atoms with Crippen molar-refractivity contribution in [1.29, 1.82) is 0 Å². The molecule has 0 bridgehead atoms. The van der Waals surface area contributed by atoms with E-state index in [-0.39, 0.29) is 5.91 Å². The Morgan fingerprint density at radius 1 is 1.69 bits per heavy atom. The van der Waals surface area contributed by atoms with E-state index >= 15 is 0 Å². The van der Waals surface area contributed by atoms with Crippen LogP contribution < -0.4 is 5.32 Å². The summed E-state index contributed by atoms with van der Waals surface area (Å²) in [4.78, 5) is 13.1. The van der Waals surface area contributed by atoms with Crippen molar-refractivity contribution >= 4 is 17.7 Å². The maximum Gasteiger partial charge on any atom is 0.236 e. The summed E-state index contributed by atoms with van der Waals surface area (Å²) in [7, 11) is 1.83. The Bertz CT molecular complexity index is 162. The molecule has 76 valence electrons. The molecular formula is C9H18N2OS. The van der Waals surface area contributed by atoms with Crippen molar-refractivity contribution in [2.24, 2.45) is 0 Å². The number of nitrogens with zero attached hydrogens (tertiary/aromatic N) is 1. The molecule has 0 rings (SSSR count). The van der Waals surface area contributed by atoms with E-state index in [9.17, 15) is 4.79 Å². The van der Waals surface area contributed by atoms with Crippen LogP contribution in [0.15, 0.2) is 12.7 Å². The first-order valence-electron chi connectivity index (χ1n) is 4.27. The first-order valence-corrected chi connectivity index (χ1v) is 5.66. The van der Waals surface area contributed by atoms with Crippen molar-refractivity contribution in [2.45, 2.75) is 0 Å². The highest BCUT2D eigenvalue weighted by Crippen LogP contribution is 1.93. The summed E-state index contributed by atoms with van der Waals surface area (Å²) in [5, 5.41) is 2.98. The van der Waals surface area contributed by atoms with Crippen LogP contribution in [0.3, 0.4) is 0 Å². The molecule has 4 heteroatoms. The summed E-state index contributed by atoms with van der Waals surface area (Å²) >= 11 is 1.75. The number of hydrogen-bond acceptors (Lipinski definition) is 3. The zero-order valence-electron chi connectivity index (χ0n) is 8.38. The van der Waals surface area contributed by atoms with Gasteiger partial charge in [-0.3, -0.25) is 4.79 Å². The fourth-order valence-electron chi connectivity index (χ4n) is 0.769. The van der Waals surface area contributed by atoms with Gasteiger partial charge in [0, 0.05) is 25.9 Å². The van der Waals surface area contributed by atoms with Crippen LogP contribution in [0.1, 0.15) is 0 Å². The first-order chi connectivity index (χ1) is 6.22. The SMILES string of the molecule is C=CCNCC(=O)N(C)CCSC. The molecule has 0 aromatic rings. The Labute approximate surface area is 84.6 Å². The van der Waals surface area contributed by atoms with E-state index < -0.39 is 0 Å². The van der Waals surface area contributed by atoms with E-state index in [4.69, 9.17) is 0 Å². The molecule has 0 aliphatic rings. The lowest BCUT2D eigenvalue weighted by Gasteiger charge is -2.16. The van der Waals surface area contributed by atoms with E-state index in [1.807, 2.05) is 13.3 Å². The molecule has 1 N–H and O–H groups in total. The van der Waals surface area contributed by atoms with Gasteiger partial charge in [0.25, 0.3) is 0 Å². The van der Waals surface area contributed by atoms with Gasteiger partial charge in [-0.25, -0.2) is 0 Å². The Morgan fingerprint density at radius 3 is 2.92 bits per heavy atom. The van der Waals surface area contributed by atoms with Crippen molar-refractivity contribution in [1.82, 2.24) is 10.2 Å². The quantitative estimate of drug-likeness (QED) is 0.484. The highest BCUT2D eigenvalue weighted by atomic mass is 32.2. The normalized spacial score (nSPS) is 9.69. The Hall–Kier alpha value is -0.480. The Balaban J connectivity index is 3.50. The summed E-state index contributed by atoms with van der Waals surface area (Å²) in [5.41, 5.74) is 0. The molecule has 0 heterocycles. The molecule has 0 radical (unpaired) electrons. The van der Waals surface area contributed by atoms with Crippen LogP contribution in [0.5, 0.6) is 0 Å². The predicted octanol–water partition coefficient (Wildman–Crippen LogP) is 0.583. The lowest BCUT2D eigenvalue weighted by atomic mass is 10.5. The van der Waals surface area contributed by atoms with Crippen LogP contribution >= 0.6 is 11.8 Å². The number of carbonyl (C=O) groups is 1. The molecule has 0 aliphatic heterocycles. The smallest absolute Gasteiger partial charge is 0.236 e. The molecule has 0 saturated carbocycles. The fraction of sp³-hybridized carbons (Fsp3) is 0.667. The molecule has 0 spiro atoms. The minimum Gasteiger partial charge on any atom is -0.344 e. The lowest BCUT2D eigenvalue weighted by molar-refractivity contribution is -0.128. The maximum atomic E-state index is 11.3. The third-order valence-electron chi connectivity index (χ3n) is 1.62. The number of nitrogens with one attached hydrogen (secondary N) is 1. The van der Waals surface area contributed by atoms with Crippen molar-refractivity contribution in [3.63, 3.8) is 0 Å². The van der Waals surface area contributed by atoms with Crippen LogP contribution in [-0.2, 0) is 4.79 Å². The van der Waals surface area contributed by atoms with Gasteiger partial charge in [-0.2, -0.15) is 11.8 Å². The molecule has 0 aliphatic carbocycles. The monoisotopic (exact) mass is 202 g/mol. The number of rotatable bonds is 7. The molecule has 3 nitrogen and oxygen atoms in total. The molecule has 1 amide bonds. The lowest BCUT2D eigenvalue weighted by Crippen LogP contribution is -2.36. The molecule has 0 unspecified atom stereocenters. The predicted molar refractivity (Wildman–Crippen MR) is 59.1 cm³/mol. The molecule has 0 aromatic heterocycles. The second kappa shape index (κ2) is 8.13. The van der Waals surface area contributed by atoms with Crippen molar-refractivity contribution in [3.05, 3.63) is 12.7 Å². The summed E-state index contributed by atoms with van der Waals surface area (Å²) in [6.45, 7) is 5.46. The van der Waals surface area contributed by atoms with Crippen LogP contribution in [-0.4, -0.2) is 49.5 Å². The number of thioether (sulfide) groups is 1. The zero-order chi connectivity index (χ0) is 10.1. The number of hydrogen-bond donors (Lipinski definition) is 1. The minimum absolute atomic E-state index is 0.135.